The van der Waals surface area contributed by atoms with Crippen LogP contribution in [0.15, 0.2) is 29.2 Å². The summed E-state index contributed by atoms with van der Waals surface area (Å²) in [5, 5.41) is 5.01. The Balaban J connectivity index is 2.57. The maximum atomic E-state index is 10.8. The van der Waals surface area contributed by atoms with Crippen molar-refractivity contribution >= 4 is 17.1 Å². The van der Waals surface area contributed by atoms with Gasteiger partial charge in [0.05, 0.1) is 0 Å². The molecule has 0 bridgehead atoms. The number of amides is 2. The molecule has 15 heavy (non-hydrogen) atoms. The molecule has 2 N–H and O–H groups in total. The SMILES string of the molecule is CNC(=O)NCc1ccc(S(=O)[O-])cc1. The molecule has 0 aliphatic carbocycles. The second-order valence-electron chi connectivity index (χ2n) is 2.81. The Morgan fingerprint density at radius 1 is 1.40 bits per heavy atom. The second kappa shape index (κ2) is 5.47. The van der Waals surface area contributed by atoms with Crippen molar-refractivity contribution in [2.45, 2.75) is 11.4 Å². The minimum Gasteiger partial charge on any atom is -0.768 e. The van der Waals surface area contributed by atoms with Gasteiger partial charge >= 0.3 is 6.03 Å². The highest BCUT2D eigenvalue weighted by Crippen LogP contribution is 2.06. The standard InChI is InChI=1S/C9H12N2O3S/c1-10-9(12)11-6-7-2-4-8(5-3-7)15(13)14/h2-5H,6H2,1H3,(H,13,14)(H2,10,11,12)/p-1. The number of urea groups is 1. The van der Waals surface area contributed by atoms with E-state index < -0.39 is 11.1 Å². The normalized spacial score (nSPS) is 11.9. The van der Waals surface area contributed by atoms with Crippen LogP contribution in [0.5, 0.6) is 0 Å². The molecule has 1 aromatic carbocycles. The van der Waals surface area contributed by atoms with E-state index in [1.165, 1.54) is 19.2 Å². The predicted octanol–water partition coefficient (Wildman–Crippen LogP) is 0.354. The van der Waals surface area contributed by atoms with Crippen LogP contribution in [0.3, 0.4) is 0 Å². The van der Waals surface area contributed by atoms with Gasteiger partial charge in [0.1, 0.15) is 0 Å². The van der Waals surface area contributed by atoms with Crippen molar-refractivity contribution in [3.05, 3.63) is 29.8 Å². The Bertz CT molecular complexity index is 364. The van der Waals surface area contributed by atoms with Gasteiger partial charge in [-0.25, -0.2) is 4.79 Å². The van der Waals surface area contributed by atoms with Gasteiger partial charge in [0, 0.05) is 18.5 Å². The first-order valence-electron chi connectivity index (χ1n) is 4.27. The van der Waals surface area contributed by atoms with Crippen molar-refractivity contribution in [2.75, 3.05) is 7.05 Å². The zero-order chi connectivity index (χ0) is 11.3. The third-order valence-electron chi connectivity index (χ3n) is 1.80. The molecule has 0 aromatic heterocycles. The Hall–Kier alpha value is -1.40. The molecule has 5 nitrogen and oxygen atoms in total. The van der Waals surface area contributed by atoms with Gasteiger partial charge in [-0.15, -0.1) is 0 Å². The fourth-order valence-electron chi connectivity index (χ4n) is 0.989. The molecular formula is C9H11N2O3S-. The fourth-order valence-corrected chi connectivity index (χ4v) is 1.35. The van der Waals surface area contributed by atoms with Crippen molar-refractivity contribution in [1.29, 1.82) is 0 Å². The summed E-state index contributed by atoms with van der Waals surface area (Å²) in [5.74, 6) is 0. The van der Waals surface area contributed by atoms with Crippen molar-refractivity contribution in [3.8, 4) is 0 Å². The van der Waals surface area contributed by atoms with Crippen molar-refractivity contribution in [1.82, 2.24) is 10.6 Å². The average molecular weight is 227 g/mol. The summed E-state index contributed by atoms with van der Waals surface area (Å²) < 4.78 is 21.1. The predicted molar refractivity (Wildman–Crippen MR) is 54.9 cm³/mol. The van der Waals surface area contributed by atoms with E-state index in [4.69, 9.17) is 0 Å². The molecule has 0 saturated carbocycles. The van der Waals surface area contributed by atoms with Crippen LogP contribution in [0.4, 0.5) is 4.79 Å². The quantitative estimate of drug-likeness (QED) is 0.731. The van der Waals surface area contributed by atoms with E-state index in [0.717, 1.165) is 5.56 Å². The van der Waals surface area contributed by atoms with Crippen LogP contribution in [-0.2, 0) is 17.6 Å². The van der Waals surface area contributed by atoms with Gasteiger partial charge in [-0.05, 0) is 28.8 Å². The zero-order valence-electron chi connectivity index (χ0n) is 8.15. The minimum atomic E-state index is -2.20. The monoisotopic (exact) mass is 227 g/mol. The number of benzene rings is 1. The number of hydrogen-bond donors (Lipinski definition) is 2. The number of hydrogen-bond acceptors (Lipinski definition) is 3. The Labute approximate surface area is 90.2 Å². The first kappa shape index (κ1) is 11.7. The number of carbonyl (C=O) groups is 1. The maximum absolute atomic E-state index is 10.8. The van der Waals surface area contributed by atoms with E-state index in [0.29, 0.717) is 6.54 Å². The van der Waals surface area contributed by atoms with Crippen LogP contribution in [0.1, 0.15) is 5.56 Å². The molecule has 0 aliphatic rings. The summed E-state index contributed by atoms with van der Waals surface area (Å²) in [4.78, 5) is 11.1. The molecule has 0 fully saturated rings. The van der Waals surface area contributed by atoms with Crippen LogP contribution in [-0.4, -0.2) is 21.8 Å². The Kier molecular flexibility index (Phi) is 4.26. The molecule has 0 radical (unpaired) electrons. The number of carbonyl (C=O) groups excluding carboxylic acids is 1. The molecule has 0 spiro atoms. The molecule has 2 amide bonds. The van der Waals surface area contributed by atoms with Gasteiger partial charge < -0.3 is 15.2 Å². The lowest BCUT2D eigenvalue weighted by molar-refractivity contribution is 0.242. The van der Waals surface area contributed by atoms with Gasteiger partial charge in [0.25, 0.3) is 0 Å². The Morgan fingerprint density at radius 2 is 2.00 bits per heavy atom. The smallest absolute Gasteiger partial charge is 0.314 e. The molecule has 1 unspecified atom stereocenters. The first-order chi connectivity index (χ1) is 7.13. The lowest BCUT2D eigenvalue weighted by Gasteiger charge is -2.07. The highest BCUT2D eigenvalue weighted by atomic mass is 32.2. The van der Waals surface area contributed by atoms with Gasteiger partial charge in [-0.2, -0.15) is 0 Å². The average Bonchev–Trinajstić information content (AvgIpc) is 2.26. The van der Waals surface area contributed by atoms with Gasteiger partial charge in [-0.3, -0.25) is 4.21 Å². The zero-order valence-corrected chi connectivity index (χ0v) is 8.97. The van der Waals surface area contributed by atoms with Crippen LogP contribution in [0.2, 0.25) is 0 Å². The van der Waals surface area contributed by atoms with Crippen LogP contribution in [0.25, 0.3) is 0 Å². The van der Waals surface area contributed by atoms with E-state index in [1.807, 2.05) is 0 Å². The van der Waals surface area contributed by atoms with Crippen LogP contribution >= 0.6 is 0 Å². The highest BCUT2D eigenvalue weighted by Gasteiger charge is 1.97. The summed E-state index contributed by atoms with van der Waals surface area (Å²) in [6.07, 6.45) is 0. The summed E-state index contributed by atoms with van der Waals surface area (Å²) in [7, 11) is 1.53. The Morgan fingerprint density at radius 3 is 2.47 bits per heavy atom. The topological polar surface area (TPSA) is 81.3 Å². The van der Waals surface area contributed by atoms with E-state index in [9.17, 15) is 13.6 Å². The third-order valence-corrected chi connectivity index (χ3v) is 2.45. The van der Waals surface area contributed by atoms with Crippen molar-refractivity contribution < 1.29 is 13.6 Å². The largest absolute Gasteiger partial charge is 0.768 e. The van der Waals surface area contributed by atoms with E-state index >= 15 is 0 Å². The molecule has 0 heterocycles. The molecule has 1 rings (SSSR count). The molecule has 0 aliphatic heterocycles. The van der Waals surface area contributed by atoms with Crippen molar-refractivity contribution in [3.63, 3.8) is 0 Å². The lowest BCUT2D eigenvalue weighted by atomic mass is 10.2. The lowest BCUT2D eigenvalue weighted by Crippen LogP contribution is -2.32. The molecule has 82 valence electrons. The first-order valence-corrected chi connectivity index (χ1v) is 5.34. The van der Waals surface area contributed by atoms with Crippen LogP contribution < -0.4 is 10.6 Å². The minimum absolute atomic E-state index is 0.235. The number of rotatable bonds is 3. The van der Waals surface area contributed by atoms with E-state index in [-0.39, 0.29) is 10.9 Å². The fraction of sp³-hybridized carbons (Fsp3) is 0.222. The number of nitrogens with one attached hydrogen (secondary N) is 2. The highest BCUT2D eigenvalue weighted by molar-refractivity contribution is 7.79. The second-order valence-corrected chi connectivity index (χ2v) is 3.75. The summed E-state index contributed by atoms with van der Waals surface area (Å²) in [5.41, 5.74) is 0.841. The summed E-state index contributed by atoms with van der Waals surface area (Å²) in [6.45, 7) is 0.367. The molecule has 1 aromatic rings. The molecule has 0 saturated heterocycles. The summed E-state index contributed by atoms with van der Waals surface area (Å²) >= 11 is -2.20. The van der Waals surface area contributed by atoms with E-state index in [2.05, 4.69) is 10.6 Å². The molecule has 1 atom stereocenters. The summed E-state index contributed by atoms with van der Waals surface area (Å²) in [6, 6.07) is 6.02. The molecule has 6 heteroatoms. The van der Waals surface area contributed by atoms with Gasteiger partial charge in [0.2, 0.25) is 0 Å². The van der Waals surface area contributed by atoms with Gasteiger partial charge in [-0.1, -0.05) is 12.1 Å². The molecular weight excluding hydrogens is 216 g/mol. The van der Waals surface area contributed by atoms with Crippen molar-refractivity contribution in [2.24, 2.45) is 0 Å². The van der Waals surface area contributed by atoms with Crippen LogP contribution in [0, 0.1) is 0 Å². The van der Waals surface area contributed by atoms with E-state index in [1.54, 1.807) is 12.1 Å². The maximum Gasteiger partial charge on any atom is 0.314 e. The third kappa shape index (κ3) is 3.69. The van der Waals surface area contributed by atoms with Gasteiger partial charge in [0.15, 0.2) is 0 Å².